The van der Waals surface area contributed by atoms with Gasteiger partial charge in [-0.3, -0.25) is 4.79 Å². The van der Waals surface area contributed by atoms with Crippen LogP contribution in [0.2, 0.25) is 0 Å². The summed E-state index contributed by atoms with van der Waals surface area (Å²) < 4.78 is 5.84. The van der Waals surface area contributed by atoms with E-state index in [4.69, 9.17) is 10.5 Å². The number of pyridine rings is 1. The Morgan fingerprint density at radius 2 is 2.23 bits per heavy atom. The van der Waals surface area contributed by atoms with Gasteiger partial charge in [0.1, 0.15) is 5.75 Å². The summed E-state index contributed by atoms with van der Waals surface area (Å²) in [5, 5.41) is 9.36. The number of amides is 1. The molecule has 1 aromatic heterocycles. The lowest BCUT2D eigenvalue weighted by Gasteiger charge is -2.32. The minimum Gasteiger partial charge on any atom is -0.439 e. The van der Waals surface area contributed by atoms with Crippen molar-refractivity contribution in [1.29, 1.82) is 0 Å². The number of rotatable bonds is 5. The van der Waals surface area contributed by atoms with E-state index >= 15 is 0 Å². The summed E-state index contributed by atoms with van der Waals surface area (Å²) in [6.07, 6.45) is 1.88. The fraction of sp³-hybridized carbons (Fsp3) is 0.400. The first-order chi connectivity index (χ1) is 12.6. The maximum absolute atomic E-state index is 12.8. The van der Waals surface area contributed by atoms with Crippen LogP contribution in [0.3, 0.4) is 0 Å². The van der Waals surface area contributed by atoms with Crippen molar-refractivity contribution in [3.8, 4) is 11.6 Å². The van der Waals surface area contributed by atoms with Crippen LogP contribution < -0.4 is 10.5 Å². The standard InChI is InChI=1S/C20H25N3O3/c1-14-8-16(11-21)9-19(22-14)26-18-6-2-5-17(10-18)20(25)23-7-3-4-15(12-23)13-24/h2,5-6,8-10,15,24H,3-4,7,11-13,21H2,1H3/t15-/m0/s1. The van der Waals surface area contributed by atoms with Crippen LogP contribution in [0.5, 0.6) is 11.6 Å². The van der Waals surface area contributed by atoms with Crippen molar-refractivity contribution in [2.24, 2.45) is 11.7 Å². The van der Waals surface area contributed by atoms with E-state index in [1.54, 1.807) is 35.2 Å². The Labute approximate surface area is 153 Å². The van der Waals surface area contributed by atoms with Gasteiger partial charge < -0.3 is 20.5 Å². The van der Waals surface area contributed by atoms with E-state index in [-0.39, 0.29) is 18.4 Å². The van der Waals surface area contributed by atoms with Crippen molar-refractivity contribution in [3.05, 3.63) is 53.2 Å². The van der Waals surface area contributed by atoms with E-state index < -0.39 is 0 Å². The molecule has 1 aromatic carbocycles. The van der Waals surface area contributed by atoms with Gasteiger partial charge in [0.15, 0.2) is 0 Å². The topological polar surface area (TPSA) is 88.7 Å². The van der Waals surface area contributed by atoms with Crippen LogP contribution in [0, 0.1) is 12.8 Å². The summed E-state index contributed by atoms with van der Waals surface area (Å²) in [5.74, 6) is 1.16. The molecule has 0 spiro atoms. The van der Waals surface area contributed by atoms with Crippen LogP contribution in [0.1, 0.15) is 34.5 Å². The van der Waals surface area contributed by atoms with E-state index in [1.165, 1.54) is 0 Å². The fourth-order valence-corrected chi connectivity index (χ4v) is 3.27. The number of hydrogen-bond donors (Lipinski definition) is 2. The molecule has 0 radical (unpaired) electrons. The van der Waals surface area contributed by atoms with Crippen LogP contribution >= 0.6 is 0 Å². The third kappa shape index (κ3) is 4.39. The number of ether oxygens (including phenoxy) is 1. The highest BCUT2D eigenvalue weighted by atomic mass is 16.5. The number of benzene rings is 1. The van der Waals surface area contributed by atoms with E-state index in [1.807, 2.05) is 13.0 Å². The lowest BCUT2D eigenvalue weighted by molar-refractivity contribution is 0.0620. The van der Waals surface area contributed by atoms with Gasteiger partial charge in [-0.2, -0.15) is 0 Å². The first-order valence-electron chi connectivity index (χ1n) is 8.94. The van der Waals surface area contributed by atoms with E-state index in [2.05, 4.69) is 4.98 Å². The molecule has 1 saturated heterocycles. The normalized spacial score (nSPS) is 17.2. The number of aliphatic hydroxyl groups excluding tert-OH is 1. The molecule has 0 aliphatic carbocycles. The Morgan fingerprint density at radius 3 is 3.00 bits per heavy atom. The lowest BCUT2D eigenvalue weighted by Crippen LogP contribution is -2.40. The molecule has 3 N–H and O–H groups in total. The predicted molar refractivity (Wildman–Crippen MR) is 99.1 cm³/mol. The number of carbonyl (C=O) groups excluding carboxylic acids is 1. The third-order valence-electron chi connectivity index (χ3n) is 4.59. The number of aliphatic hydroxyl groups is 1. The summed E-state index contributed by atoms with van der Waals surface area (Å²) in [4.78, 5) is 18.9. The Hall–Kier alpha value is -2.44. The summed E-state index contributed by atoms with van der Waals surface area (Å²) in [7, 11) is 0. The summed E-state index contributed by atoms with van der Waals surface area (Å²) in [6.45, 7) is 3.74. The van der Waals surface area contributed by atoms with Crippen LogP contribution in [0.25, 0.3) is 0 Å². The molecule has 2 aromatic rings. The summed E-state index contributed by atoms with van der Waals surface area (Å²) in [5.41, 5.74) is 8.05. The molecule has 6 heteroatoms. The van der Waals surface area contributed by atoms with E-state index in [0.29, 0.717) is 30.3 Å². The average Bonchev–Trinajstić information content (AvgIpc) is 2.67. The highest BCUT2D eigenvalue weighted by Crippen LogP contribution is 2.24. The number of aryl methyl sites for hydroxylation is 1. The van der Waals surface area contributed by atoms with Crippen LogP contribution in [-0.2, 0) is 6.54 Å². The molecule has 1 aliphatic rings. The van der Waals surface area contributed by atoms with Crippen molar-refractivity contribution in [1.82, 2.24) is 9.88 Å². The van der Waals surface area contributed by atoms with E-state index in [0.717, 1.165) is 30.6 Å². The van der Waals surface area contributed by atoms with Gasteiger partial charge in [-0.25, -0.2) is 4.98 Å². The Morgan fingerprint density at radius 1 is 1.38 bits per heavy atom. The largest absolute Gasteiger partial charge is 0.439 e. The zero-order valence-electron chi connectivity index (χ0n) is 15.0. The number of nitrogens with two attached hydrogens (primary N) is 1. The number of likely N-dealkylation sites (tertiary alicyclic amines) is 1. The van der Waals surface area contributed by atoms with Gasteiger partial charge in [0.2, 0.25) is 5.88 Å². The maximum Gasteiger partial charge on any atom is 0.253 e. The molecular formula is C20H25N3O3. The molecule has 1 amide bonds. The minimum atomic E-state index is -0.0338. The quantitative estimate of drug-likeness (QED) is 0.860. The molecule has 26 heavy (non-hydrogen) atoms. The van der Waals surface area contributed by atoms with Crippen molar-refractivity contribution in [2.75, 3.05) is 19.7 Å². The predicted octanol–water partition coefficient (Wildman–Crippen LogP) is 2.49. The van der Waals surface area contributed by atoms with Gasteiger partial charge in [-0.05, 0) is 55.5 Å². The zero-order chi connectivity index (χ0) is 18.5. The number of hydrogen-bond acceptors (Lipinski definition) is 5. The van der Waals surface area contributed by atoms with Gasteiger partial charge in [-0.1, -0.05) is 6.07 Å². The molecule has 3 rings (SSSR count). The van der Waals surface area contributed by atoms with Crippen molar-refractivity contribution in [2.45, 2.75) is 26.3 Å². The monoisotopic (exact) mass is 355 g/mol. The van der Waals surface area contributed by atoms with Gasteiger partial charge in [-0.15, -0.1) is 0 Å². The van der Waals surface area contributed by atoms with Gasteiger partial charge in [0, 0.05) is 43.6 Å². The first-order valence-corrected chi connectivity index (χ1v) is 8.94. The smallest absolute Gasteiger partial charge is 0.253 e. The molecule has 1 aliphatic heterocycles. The van der Waals surface area contributed by atoms with Gasteiger partial charge in [0.25, 0.3) is 5.91 Å². The third-order valence-corrected chi connectivity index (χ3v) is 4.59. The Kier molecular flexibility index (Phi) is 5.85. The summed E-state index contributed by atoms with van der Waals surface area (Å²) in [6, 6.07) is 10.8. The highest BCUT2D eigenvalue weighted by molar-refractivity contribution is 5.94. The molecule has 6 nitrogen and oxygen atoms in total. The van der Waals surface area contributed by atoms with Crippen LogP contribution in [0.15, 0.2) is 36.4 Å². The average molecular weight is 355 g/mol. The first kappa shape index (κ1) is 18.4. The lowest BCUT2D eigenvalue weighted by atomic mass is 9.98. The van der Waals surface area contributed by atoms with E-state index in [9.17, 15) is 9.90 Å². The number of aromatic nitrogens is 1. The highest BCUT2D eigenvalue weighted by Gasteiger charge is 2.24. The van der Waals surface area contributed by atoms with Crippen LogP contribution in [0.4, 0.5) is 0 Å². The molecule has 0 saturated carbocycles. The Balaban J connectivity index is 1.76. The fourth-order valence-electron chi connectivity index (χ4n) is 3.27. The minimum absolute atomic E-state index is 0.0338. The second-order valence-electron chi connectivity index (χ2n) is 6.73. The number of nitrogens with zero attached hydrogens (tertiary/aromatic N) is 2. The SMILES string of the molecule is Cc1cc(CN)cc(Oc2cccc(C(=O)N3CCC[C@H](CO)C3)c2)n1. The van der Waals surface area contributed by atoms with Gasteiger partial charge >= 0.3 is 0 Å². The molecule has 1 atom stereocenters. The number of piperidine rings is 1. The van der Waals surface area contributed by atoms with Gasteiger partial charge in [0.05, 0.1) is 0 Å². The molecule has 1 fully saturated rings. The van der Waals surface area contributed by atoms with Crippen molar-refractivity contribution < 1.29 is 14.6 Å². The Bertz CT molecular complexity index is 779. The molecule has 0 unspecified atom stereocenters. The van der Waals surface area contributed by atoms with Crippen LogP contribution in [-0.4, -0.2) is 40.6 Å². The molecule has 138 valence electrons. The number of carbonyl (C=O) groups is 1. The second-order valence-corrected chi connectivity index (χ2v) is 6.73. The zero-order valence-corrected chi connectivity index (χ0v) is 15.0. The van der Waals surface area contributed by atoms with Crippen molar-refractivity contribution in [3.63, 3.8) is 0 Å². The summed E-state index contributed by atoms with van der Waals surface area (Å²) >= 11 is 0. The van der Waals surface area contributed by atoms with Crippen molar-refractivity contribution >= 4 is 5.91 Å². The maximum atomic E-state index is 12.8. The molecule has 0 bridgehead atoms. The molecular weight excluding hydrogens is 330 g/mol. The second kappa shape index (κ2) is 8.29. The molecule has 2 heterocycles.